The number of allylic oxidation sites excluding steroid dienone is 1. The molecule has 4 nitrogen and oxygen atoms in total. The Hall–Kier alpha value is -2.09. The van der Waals surface area contributed by atoms with E-state index >= 15 is 0 Å². The first-order valence-corrected chi connectivity index (χ1v) is 5.29. The molecule has 86 valence electrons. The molecule has 0 radical (unpaired) electrons. The standard InChI is InChI=1S/C12H10FN3O/c13-9-6-15-11(16-10(9)14)17-7-12-4-2-1-3-8(12)5-12/h2,4,6,8H,5,7H2,(H2,14,15,16). The fourth-order valence-electron chi connectivity index (χ4n) is 1.90. The number of rotatable bonds is 3. The SMILES string of the molecule is Nc1nc(OCC23C=CC#CC2C3)ncc1F. The Kier molecular flexibility index (Phi) is 2.05. The molecule has 0 amide bonds. The van der Waals surface area contributed by atoms with Crippen LogP contribution in [0.3, 0.4) is 0 Å². The van der Waals surface area contributed by atoms with Gasteiger partial charge in [0.1, 0.15) is 6.61 Å². The average molecular weight is 231 g/mol. The number of ether oxygens (including phenoxy) is 1. The number of nitrogens with two attached hydrogens (primary N) is 1. The van der Waals surface area contributed by atoms with Gasteiger partial charge >= 0.3 is 6.01 Å². The topological polar surface area (TPSA) is 61.0 Å². The Bertz CT molecular complexity index is 561. The highest BCUT2D eigenvalue weighted by Gasteiger charge is 2.53. The third-order valence-electron chi connectivity index (χ3n) is 3.09. The van der Waals surface area contributed by atoms with E-state index in [0.29, 0.717) is 12.5 Å². The lowest BCUT2D eigenvalue weighted by molar-refractivity contribution is 0.239. The fraction of sp³-hybridized carbons (Fsp3) is 0.333. The van der Waals surface area contributed by atoms with Gasteiger partial charge in [-0.15, -0.1) is 0 Å². The molecular weight excluding hydrogens is 221 g/mol. The molecule has 1 aromatic rings. The van der Waals surface area contributed by atoms with Gasteiger partial charge in [-0.2, -0.15) is 4.98 Å². The second-order valence-corrected chi connectivity index (χ2v) is 4.29. The van der Waals surface area contributed by atoms with Crippen LogP contribution in [0.2, 0.25) is 0 Å². The molecule has 0 aliphatic heterocycles. The maximum Gasteiger partial charge on any atom is 0.318 e. The van der Waals surface area contributed by atoms with Crippen molar-refractivity contribution in [1.29, 1.82) is 0 Å². The molecule has 0 saturated heterocycles. The van der Waals surface area contributed by atoms with Gasteiger partial charge in [-0.05, 0) is 12.5 Å². The van der Waals surface area contributed by atoms with Gasteiger partial charge < -0.3 is 10.5 Å². The van der Waals surface area contributed by atoms with Gasteiger partial charge in [0.25, 0.3) is 0 Å². The van der Waals surface area contributed by atoms with Crippen molar-refractivity contribution in [1.82, 2.24) is 9.97 Å². The maximum absolute atomic E-state index is 12.8. The lowest BCUT2D eigenvalue weighted by Gasteiger charge is -2.12. The molecule has 2 N–H and O–H groups in total. The molecule has 1 fully saturated rings. The number of anilines is 1. The van der Waals surface area contributed by atoms with Crippen LogP contribution in [0.5, 0.6) is 6.01 Å². The minimum atomic E-state index is -0.636. The Labute approximate surface area is 97.7 Å². The number of fused-ring (bicyclic) bond motifs is 1. The Morgan fingerprint density at radius 1 is 1.65 bits per heavy atom. The van der Waals surface area contributed by atoms with Crippen LogP contribution in [0.15, 0.2) is 18.3 Å². The summed E-state index contributed by atoms with van der Waals surface area (Å²) in [7, 11) is 0. The molecule has 5 heteroatoms. The van der Waals surface area contributed by atoms with E-state index in [-0.39, 0.29) is 17.2 Å². The summed E-state index contributed by atoms with van der Waals surface area (Å²) in [4.78, 5) is 7.44. The zero-order valence-electron chi connectivity index (χ0n) is 8.98. The maximum atomic E-state index is 12.8. The molecule has 2 aliphatic rings. The first-order valence-electron chi connectivity index (χ1n) is 5.29. The summed E-state index contributed by atoms with van der Waals surface area (Å²) in [6.07, 6.45) is 5.90. The molecule has 0 spiro atoms. The van der Waals surface area contributed by atoms with Crippen LogP contribution in [0, 0.1) is 29.0 Å². The molecule has 3 rings (SSSR count). The first kappa shape index (κ1) is 10.1. The van der Waals surface area contributed by atoms with Crippen molar-refractivity contribution in [3.05, 3.63) is 24.2 Å². The monoisotopic (exact) mass is 231 g/mol. The van der Waals surface area contributed by atoms with Crippen molar-refractivity contribution in [2.75, 3.05) is 12.3 Å². The highest BCUT2D eigenvalue weighted by atomic mass is 19.1. The van der Waals surface area contributed by atoms with E-state index in [1.807, 2.05) is 6.08 Å². The fourth-order valence-corrected chi connectivity index (χ4v) is 1.90. The van der Waals surface area contributed by atoms with Crippen molar-refractivity contribution in [3.63, 3.8) is 0 Å². The van der Waals surface area contributed by atoms with E-state index in [9.17, 15) is 4.39 Å². The van der Waals surface area contributed by atoms with Crippen molar-refractivity contribution < 1.29 is 9.13 Å². The molecule has 2 atom stereocenters. The van der Waals surface area contributed by atoms with Crippen molar-refractivity contribution in [3.8, 4) is 17.9 Å². The smallest absolute Gasteiger partial charge is 0.318 e. The number of nitrogen functional groups attached to an aromatic ring is 1. The van der Waals surface area contributed by atoms with Crippen LogP contribution in [0.4, 0.5) is 10.2 Å². The van der Waals surface area contributed by atoms with E-state index in [1.54, 1.807) is 0 Å². The van der Waals surface area contributed by atoms with Gasteiger partial charge in [0.15, 0.2) is 11.6 Å². The Morgan fingerprint density at radius 3 is 3.29 bits per heavy atom. The van der Waals surface area contributed by atoms with Gasteiger partial charge in [-0.25, -0.2) is 9.37 Å². The third-order valence-corrected chi connectivity index (χ3v) is 3.09. The number of aromatic nitrogens is 2. The summed E-state index contributed by atoms with van der Waals surface area (Å²) in [5, 5.41) is 0. The first-order chi connectivity index (χ1) is 8.20. The van der Waals surface area contributed by atoms with Crippen LogP contribution in [-0.2, 0) is 0 Å². The molecule has 2 unspecified atom stereocenters. The van der Waals surface area contributed by atoms with Crippen LogP contribution in [-0.4, -0.2) is 16.6 Å². The van der Waals surface area contributed by atoms with Gasteiger partial charge in [0, 0.05) is 11.3 Å². The predicted molar refractivity (Wildman–Crippen MR) is 59.4 cm³/mol. The normalized spacial score (nSPS) is 27.9. The predicted octanol–water partition coefficient (Wildman–Crippen LogP) is 1.16. The van der Waals surface area contributed by atoms with E-state index in [2.05, 4.69) is 27.9 Å². The second-order valence-electron chi connectivity index (χ2n) is 4.29. The largest absolute Gasteiger partial charge is 0.462 e. The zero-order chi connectivity index (χ0) is 11.9. The summed E-state index contributed by atoms with van der Waals surface area (Å²) in [5.41, 5.74) is 5.33. The molecule has 17 heavy (non-hydrogen) atoms. The van der Waals surface area contributed by atoms with E-state index < -0.39 is 5.82 Å². The number of hydrogen-bond acceptors (Lipinski definition) is 4. The molecule has 2 aliphatic carbocycles. The summed E-state index contributed by atoms with van der Waals surface area (Å²) in [6, 6.07) is 0.107. The van der Waals surface area contributed by atoms with E-state index in [0.717, 1.165) is 12.6 Å². The quantitative estimate of drug-likeness (QED) is 0.793. The van der Waals surface area contributed by atoms with E-state index in [4.69, 9.17) is 10.5 Å². The van der Waals surface area contributed by atoms with Gasteiger partial charge in [0.2, 0.25) is 0 Å². The van der Waals surface area contributed by atoms with Gasteiger partial charge in [-0.3, -0.25) is 0 Å². The van der Waals surface area contributed by atoms with E-state index in [1.165, 1.54) is 0 Å². The van der Waals surface area contributed by atoms with Crippen molar-refractivity contribution >= 4 is 5.82 Å². The summed E-state index contributed by atoms with van der Waals surface area (Å²) >= 11 is 0. The lowest BCUT2D eigenvalue weighted by atomic mass is 10.0. The molecule has 1 aromatic heterocycles. The highest BCUT2D eigenvalue weighted by molar-refractivity contribution is 5.36. The second kappa shape index (κ2) is 3.45. The van der Waals surface area contributed by atoms with Gasteiger partial charge in [-0.1, -0.05) is 17.9 Å². The van der Waals surface area contributed by atoms with Crippen LogP contribution in [0.1, 0.15) is 6.42 Å². The van der Waals surface area contributed by atoms with Crippen LogP contribution >= 0.6 is 0 Å². The molecule has 1 saturated carbocycles. The number of nitrogens with zero attached hydrogens (tertiary/aromatic N) is 2. The number of halogens is 1. The third kappa shape index (κ3) is 1.72. The lowest BCUT2D eigenvalue weighted by Crippen LogP contribution is -2.15. The molecule has 1 heterocycles. The molecule has 0 aromatic carbocycles. The van der Waals surface area contributed by atoms with Gasteiger partial charge in [0.05, 0.1) is 6.20 Å². The Morgan fingerprint density at radius 2 is 2.53 bits per heavy atom. The van der Waals surface area contributed by atoms with Crippen LogP contribution in [0.25, 0.3) is 0 Å². The van der Waals surface area contributed by atoms with Crippen molar-refractivity contribution in [2.45, 2.75) is 6.42 Å². The van der Waals surface area contributed by atoms with Crippen molar-refractivity contribution in [2.24, 2.45) is 11.3 Å². The summed E-state index contributed by atoms with van der Waals surface area (Å²) in [5.74, 6) is 5.57. The zero-order valence-corrected chi connectivity index (χ0v) is 8.98. The minimum absolute atomic E-state index is 0.00222. The number of hydrogen-bond donors (Lipinski definition) is 1. The Balaban J connectivity index is 1.68. The average Bonchev–Trinajstić information content (AvgIpc) is 3.06. The van der Waals surface area contributed by atoms with Crippen LogP contribution < -0.4 is 10.5 Å². The minimum Gasteiger partial charge on any atom is -0.462 e. The highest BCUT2D eigenvalue weighted by Crippen LogP contribution is 2.54. The summed E-state index contributed by atoms with van der Waals surface area (Å²) in [6.45, 7) is 0.452. The summed E-state index contributed by atoms with van der Waals surface area (Å²) < 4.78 is 18.3. The molecule has 0 bridgehead atoms. The molecular formula is C12H10FN3O.